The maximum Gasteiger partial charge on any atom is 0.288 e. The van der Waals surface area contributed by atoms with Gasteiger partial charge in [0.1, 0.15) is 23.2 Å². The third kappa shape index (κ3) is 6.44. The van der Waals surface area contributed by atoms with Gasteiger partial charge in [-0.2, -0.15) is 19.1 Å². The van der Waals surface area contributed by atoms with E-state index in [1.54, 1.807) is 54.6 Å². The highest BCUT2D eigenvalue weighted by Gasteiger charge is 2.11. The Morgan fingerprint density at radius 2 is 1.91 bits per heavy atom. The Morgan fingerprint density at radius 1 is 1.16 bits per heavy atom. The number of furan rings is 1. The van der Waals surface area contributed by atoms with Crippen LogP contribution in [0, 0.1) is 11.3 Å². The number of alkyl halides is 2. The van der Waals surface area contributed by atoms with Crippen LogP contribution in [0.25, 0.3) is 17.4 Å². The van der Waals surface area contributed by atoms with Crippen molar-refractivity contribution in [3.63, 3.8) is 0 Å². The minimum absolute atomic E-state index is 0.228. The van der Waals surface area contributed by atoms with Crippen LogP contribution in [-0.4, -0.2) is 17.9 Å². The van der Waals surface area contributed by atoms with Crippen molar-refractivity contribution in [2.75, 3.05) is 0 Å². The number of amides is 1. The number of rotatable bonds is 7. The van der Waals surface area contributed by atoms with Crippen LogP contribution in [-0.2, 0) is 4.79 Å². The van der Waals surface area contributed by atoms with Crippen LogP contribution in [0.3, 0.4) is 0 Å². The number of hydrogen-bond acceptors (Lipinski definition) is 5. The van der Waals surface area contributed by atoms with Crippen LogP contribution in [0.15, 0.2) is 74.6 Å². The first-order chi connectivity index (χ1) is 15.4. The highest BCUT2D eigenvalue weighted by molar-refractivity contribution is 7.99. The fourth-order valence-corrected chi connectivity index (χ4v) is 3.46. The predicted molar refractivity (Wildman–Crippen MR) is 122 cm³/mol. The van der Waals surface area contributed by atoms with Crippen molar-refractivity contribution in [3.05, 3.63) is 81.5 Å². The lowest BCUT2D eigenvalue weighted by Gasteiger charge is -2.01. The molecule has 0 aliphatic carbocycles. The van der Waals surface area contributed by atoms with Crippen molar-refractivity contribution in [2.24, 2.45) is 5.10 Å². The lowest BCUT2D eigenvalue weighted by molar-refractivity contribution is -0.117. The number of carbonyl (C=O) groups excluding carboxylic acids is 1. The molecule has 1 aromatic heterocycles. The largest absolute Gasteiger partial charge is 0.457 e. The second kappa shape index (κ2) is 11.0. The smallest absolute Gasteiger partial charge is 0.288 e. The molecule has 2 aromatic carbocycles. The van der Waals surface area contributed by atoms with Gasteiger partial charge in [0.15, 0.2) is 0 Å². The Balaban J connectivity index is 1.68. The van der Waals surface area contributed by atoms with Crippen molar-refractivity contribution < 1.29 is 18.0 Å². The standard InChI is InChI=1S/C22H13Cl2F2N3O2S/c23-16-4-1-14(19(24)10-16)12-28-29-21(30)15(11-27)9-17-5-8-20(31-17)13-2-6-18(7-3-13)32-22(25)26/h1-10,12,22H,(H,29,30)/b15-9+,28-12+. The first-order valence-electron chi connectivity index (χ1n) is 8.91. The molecular weight excluding hydrogens is 479 g/mol. The average molecular weight is 492 g/mol. The molecule has 0 aliphatic heterocycles. The van der Waals surface area contributed by atoms with Gasteiger partial charge in [-0.05, 0) is 36.4 Å². The lowest BCUT2D eigenvalue weighted by Crippen LogP contribution is -2.19. The van der Waals surface area contributed by atoms with Gasteiger partial charge in [-0.3, -0.25) is 4.79 Å². The van der Waals surface area contributed by atoms with E-state index in [0.29, 0.717) is 43.6 Å². The maximum absolute atomic E-state index is 12.4. The Kier molecular flexibility index (Phi) is 8.06. The molecule has 0 aliphatic rings. The summed E-state index contributed by atoms with van der Waals surface area (Å²) in [5.74, 6) is -2.51. The third-order valence-corrected chi connectivity index (χ3v) is 5.26. The molecular formula is C22H13Cl2F2N3O2S. The van der Waals surface area contributed by atoms with E-state index in [0.717, 1.165) is 0 Å². The quantitative estimate of drug-likeness (QED) is 0.132. The summed E-state index contributed by atoms with van der Waals surface area (Å²) in [6, 6.07) is 16.2. The Morgan fingerprint density at radius 3 is 2.56 bits per heavy atom. The number of halogens is 4. The number of hydrazone groups is 1. The zero-order chi connectivity index (χ0) is 23.1. The number of nitriles is 1. The summed E-state index contributed by atoms with van der Waals surface area (Å²) in [5, 5.41) is 13.9. The predicted octanol–water partition coefficient (Wildman–Crippen LogP) is 6.63. The zero-order valence-corrected chi connectivity index (χ0v) is 18.4. The lowest BCUT2D eigenvalue weighted by atomic mass is 10.2. The Bertz CT molecular complexity index is 1220. The maximum atomic E-state index is 12.4. The van der Waals surface area contributed by atoms with Crippen LogP contribution in [0.4, 0.5) is 8.78 Å². The topological polar surface area (TPSA) is 78.4 Å². The van der Waals surface area contributed by atoms with Crippen molar-refractivity contribution >= 4 is 53.2 Å². The second-order valence-corrected chi connectivity index (χ2v) is 8.05. The molecule has 1 amide bonds. The van der Waals surface area contributed by atoms with Crippen LogP contribution < -0.4 is 5.43 Å². The minimum atomic E-state index is -2.50. The zero-order valence-electron chi connectivity index (χ0n) is 16.1. The molecule has 0 atom stereocenters. The monoisotopic (exact) mass is 491 g/mol. The Hall–Kier alpha value is -3.12. The second-order valence-electron chi connectivity index (χ2n) is 6.14. The van der Waals surface area contributed by atoms with Crippen LogP contribution in [0.5, 0.6) is 0 Å². The van der Waals surface area contributed by atoms with Gasteiger partial charge in [-0.25, -0.2) is 5.43 Å². The fraction of sp³-hybridized carbons (Fsp3) is 0.0455. The molecule has 0 unspecified atom stereocenters. The molecule has 32 heavy (non-hydrogen) atoms. The van der Waals surface area contributed by atoms with Gasteiger partial charge in [0.05, 0.1) is 11.2 Å². The van der Waals surface area contributed by atoms with Crippen molar-refractivity contribution in [1.29, 1.82) is 5.26 Å². The Labute approximate surface area is 196 Å². The van der Waals surface area contributed by atoms with E-state index in [1.807, 2.05) is 0 Å². The summed E-state index contributed by atoms with van der Waals surface area (Å²) in [6.07, 6.45) is 2.59. The molecule has 0 fully saturated rings. The summed E-state index contributed by atoms with van der Waals surface area (Å²) in [6.45, 7) is 0. The van der Waals surface area contributed by atoms with E-state index in [-0.39, 0.29) is 11.3 Å². The van der Waals surface area contributed by atoms with Crippen LogP contribution >= 0.6 is 35.0 Å². The molecule has 0 saturated heterocycles. The van der Waals surface area contributed by atoms with Gasteiger partial charge in [0.2, 0.25) is 0 Å². The number of thioether (sulfide) groups is 1. The fourth-order valence-electron chi connectivity index (χ4n) is 2.50. The number of nitrogens with zero attached hydrogens (tertiary/aromatic N) is 2. The molecule has 0 bridgehead atoms. The highest BCUT2D eigenvalue weighted by atomic mass is 35.5. The highest BCUT2D eigenvalue weighted by Crippen LogP contribution is 2.29. The van der Waals surface area contributed by atoms with E-state index in [2.05, 4.69) is 10.5 Å². The van der Waals surface area contributed by atoms with E-state index in [1.165, 1.54) is 18.4 Å². The average Bonchev–Trinajstić information content (AvgIpc) is 3.22. The molecule has 3 rings (SSSR count). The first-order valence-corrected chi connectivity index (χ1v) is 10.5. The molecule has 3 aromatic rings. The summed E-state index contributed by atoms with van der Waals surface area (Å²) in [7, 11) is 0. The van der Waals surface area contributed by atoms with Gasteiger partial charge in [-0.15, -0.1) is 0 Å². The molecule has 1 heterocycles. The van der Waals surface area contributed by atoms with Crippen molar-refractivity contribution in [1.82, 2.24) is 5.43 Å². The number of benzene rings is 2. The molecule has 0 radical (unpaired) electrons. The van der Waals surface area contributed by atoms with E-state index >= 15 is 0 Å². The third-order valence-electron chi connectivity index (χ3n) is 3.97. The number of carbonyl (C=O) groups is 1. The minimum Gasteiger partial charge on any atom is -0.457 e. The molecule has 0 saturated carbocycles. The van der Waals surface area contributed by atoms with Crippen molar-refractivity contribution in [2.45, 2.75) is 10.7 Å². The normalized spacial score (nSPS) is 11.7. The van der Waals surface area contributed by atoms with Gasteiger partial charge < -0.3 is 4.42 Å². The molecule has 10 heteroatoms. The first kappa shape index (κ1) is 23.5. The molecule has 5 nitrogen and oxygen atoms in total. The summed E-state index contributed by atoms with van der Waals surface area (Å²) >= 11 is 12.3. The van der Waals surface area contributed by atoms with Crippen LogP contribution in [0.1, 0.15) is 11.3 Å². The van der Waals surface area contributed by atoms with Crippen molar-refractivity contribution in [3.8, 4) is 17.4 Å². The van der Waals surface area contributed by atoms with Gasteiger partial charge in [0, 0.05) is 27.1 Å². The summed E-state index contributed by atoms with van der Waals surface area (Å²) in [4.78, 5) is 12.7. The van der Waals surface area contributed by atoms with Crippen LogP contribution in [0.2, 0.25) is 10.0 Å². The van der Waals surface area contributed by atoms with E-state index in [9.17, 15) is 18.8 Å². The summed E-state index contributed by atoms with van der Waals surface area (Å²) < 4.78 is 30.5. The summed E-state index contributed by atoms with van der Waals surface area (Å²) in [5.41, 5.74) is 3.22. The number of hydrogen-bond donors (Lipinski definition) is 1. The molecule has 0 spiro atoms. The number of nitrogens with one attached hydrogen (secondary N) is 1. The molecule has 1 N–H and O–H groups in total. The van der Waals surface area contributed by atoms with Gasteiger partial charge >= 0.3 is 0 Å². The van der Waals surface area contributed by atoms with Gasteiger partial charge in [-0.1, -0.05) is 53.2 Å². The van der Waals surface area contributed by atoms with E-state index in [4.69, 9.17) is 27.6 Å². The van der Waals surface area contributed by atoms with E-state index < -0.39 is 11.7 Å². The van der Waals surface area contributed by atoms with Gasteiger partial charge in [0.25, 0.3) is 11.7 Å². The SMILES string of the molecule is N#C/C(=C\c1ccc(-c2ccc(SC(F)F)cc2)o1)C(=O)N/N=C/c1ccc(Cl)cc1Cl. The molecule has 162 valence electrons.